The van der Waals surface area contributed by atoms with Crippen LogP contribution >= 0.6 is 0 Å². The summed E-state index contributed by atoms with van der Waals surface area (Å²) in [5.74, 6) is 1.21. The van der Waals surface area contributed by atoms with Crippen LogP contribution in [0.25, 0.3) is 11.5 Å². The molecule has 0 spiro atoms. The van der Waals surface area contributed by atoms with E-state index in [1.54, 1.807) is 6.07 Å². The van der Waals surface area contributed by atoms with E-state index < -0.39 is 0 Å². The lowest BCUT2D eigenvalue weighted by molar-refractivity contribution is -0.116. The van der Waals surface area contributed by atoms with Crippen LogP contribution < -0.4 is 10.6 Å². The number of aryl methyl sites for hydroxylation is 1. The molecule has 2 N–H and O–H groups in total. The van der Waals surface area contributed by atoms with Gasteiger partial charge in [-0.05, 0) is 36.3 Å². The lowest BCUT2D eigenvalue weighted by Crippen LogP contribution is -2.17. The summed E-state index contributed by atoms with van der Waals surface area (Å²) in [6.07, 6.45) is 0.269. The molecule has 122 valence electrons. The quantitative estimate of drug-likeness (QED) is 0.724. The van der Waals surface area contributed by atoms with Gasteiger partial charge in [-0.25, -0.2) is 4.98 Å². The first-order chi connectivity index (χ1) is 11.7. The number of hydrogen-bond acceptors (Lipinski definition) is 6. The molecule has 24 heavy (non-hydrogen) atoms. The standard InChI is InChI=1S/C17H17N5O2/c1-12-6-5-9-14(19-12)20-15(23)10-11-18-17-21-16(24-22-17)13-7-3-2-4-8-13/h2-9H,10-11H2,1H3,(H,18,22)(H,19,20,23). The molecule has 0 atom stereocenters. The molecule has 0 radical (unpaired) electrons. The monoisotopic (exact) mass is 323 g/mol. The Labute approximate surface area is 139 Å². The number of amides is 1. The molecule has 0 fully saturated rings. The zero-order valence-electron chi connectivity index (χ0n) is 13.2. The lowest BCUT2D eigenvalue weighted by Gasteiger charge is -2.05. The van der Waals surface area contributed by atoms with Crippen LogP contribution in [0.2, 0.25) is 0 Å². The number of rotatable bonds is 6. The minimum Gasteiger partial charge on any atom is -0.351 e. The highest BCUT2D eigenvalue weighted by Crippen LogP contribution is 2.17. The number of nitrogens with one attached hydrogen (secondary N) is 2. The number of carbonyl (C=O) groups excluding carboxylic acids is 1. The summed E-state index contributed by atoms with van der Waals surface area (Å²) >= 11 is 0. The fourth-order valence-corrected chi connectivity index (χ4v) is 2.10. The lowest BCUT2D eigenvalue weighted by atomic mass is 10.2. The molecule has 3 rings (SSSR count). The maximum atomic E-state index is 11.9. The number of carbonyl (C=O) groups is 1. The molecule has 0 aliphatic heterocycles. The molecule has 7 nitrogen and oxygen atoms in total. The summed E-state index contributed by atoms with van der Waals surface area (Å²) in [6.45, 7) is 2.27. The normalized spacial score (nSPS) is 10.4. The van der Waals surface area contributed by atoms with E-state index in [-0.39, 0.29) is 12.3 Å². The van der Waals surface area contributed by atoms with Crippen LogP contribution in [0.4, 0.5) is 11.8 Å². The van der Waals surface area contributed by atoms with Crippen molar-refractivity contribution in [3.63, 3.8) is 0 Å². The van der Waals surface area contributed by atoms with Crippen LogP contribution in [0.15, 0.2) is 53.1 Å². The zero-order valence-corrected chi connectivity index (χ0v) is 13.2. The van der Waals surface area contributed by atoms with Gasteiger partial charge >= 0.3 is 0 Å². The summed E-state index contributed by atoms with van der Waals surface area (Å²) in [5.41, 5.74) is 1.70. The highest BCUT2D eigenvalue weighted by atomic mass is 16.5. The van der Waals surface area contributed by atoms with Crippen molar-refractivity contribution in [1.82, 2.24) is 15.1 Å². The van der Waals surface area contributed by atoms with Gasteiger partial charge in [-0.2, -0.15) is 4.98 Å². The first kappa shape index (κ1) is 15.7. The second-order valence-corrected chi connectivity index (χ2v) is 5.18. The highest BCUT2D eigenvalue weighted by molar-refractivity contribution is 5.90. The van der Waals surface area contributed by atoms with E-state index in [1.807, 2.05) is 49.4 Å². The Morgan fingerprint density at radius 2 is 1.92 bits per heavy atom. The maximum Gasteiger partial charge on any atom is 0.263 e. The zero-order chi connectivity index (χ0) is 16.8. The average Bonchev–Trinajstić information content (AvgIpc) is 3.04. The fourth-order valence-electron chi connectivity index (χ4n) is 2.10. The maximum absolute atomic E-state index is 11.9. The Morgan fingerprint density at radius 1 is 1.08 bits per heavy atom. The molecule has 1 amide bonds. The van der Waals surface area contributed by atoms with E-state index in [9.17, 15) is 4.79 Å². The summed E-state index contributed by atoms with van der Waals surface area (Å²) in [6, 6.07) is 15.0. The first-order valence-corrected chi connectivity index (χ1v) is 7.57. The number of nitrogens with zero attached hydrogens (tertiary/aromatic N) is 3. The predicted molar refractivity (Wildman–Crippen MR) is 90.4 cm³/mol. The summed E-state index contributed by atoms with van der Waals surface area (Å²) in [5, 5.41) is 9.56. The van der Waals surface area contributed by atoms with Crippen molar-refractivity contribution in [1.29, 1.82) is 0 Å². The smallest absolute Gasteiger partial charge is 0.263 e. The van der Waals surface area contributed by atoms with Gasteiger partial charge in [0.05, 0.1) is 0 Å². The van der Waals surface area contributed by atoms with Gasteiger partial charge in [0.25, 0.3) is 11.8 Å². The number of benzene rings is 1. The van der Waals surface area contributed by atoms with E-state index >= 15 is 0 Å². The number of anilines is 2. The minimum atomic E-state index is -0.132. The molecule has 0 aliphatic carbocycles. The fraction of sp³-hybridized carbons (Fsp3) is 0.176. The van der Waals surface area contributed by atoms with Crippen molar-refractivity contribution < 1.29 is 9.32 Å². The summed E-state index contributed by atoms with van der Waals surface area (Å²) < 4.78 is 5.18. The second kappa shape index (κ2) is 7.36. The molecule has 0 bridgehead atoms. The molecule has 1 aromatic carbocycles. The molecule has 7 heteroatoms. The van der Waals surface area contributed by atoms with Crippen LogP contribution in [0, 0.1) is 6.92 Å². The van der Waals surface area contributed by atoms with Crippen molar-refractivity contribution in [2.24, 2.45) is 0 Å². The topological polar surface area (TPSA) is 92.9 Å². The molecule has 2 heterocycles. The van der Waals surface area contributed by atoms with E-state index in [0.29, 0.717) is 24.2 Å². The van der Waals surface area contributed by atoms with Gasteiger partial charge in [0, 0.05) is 24.2 Å². The first-order valence-electron chi connectivity index (χ1n) is 7.57. The number of aromatic nitrogens is 3. The molecule has 0 saturated heterocycles. The van der Waals surface area contributed by atoms with Gasteiger partial charge in [0.2, 0.25) is 5.91 Å². The molecular formula is C17H17N5O2. The molecule has 0 unspecified atom stereocenters. The van der Waals surface area contributed by atoms with Crippen molar-refractivity contribution in [2.45, 2.75) is 13.3 Å². The highest BCUT2D eigenvalue weighted by Gasteiger charge is 2.09. The SMILES string of the molecule is Cc1cccc(NC(=O)CCNc2noc(-c3ccccc3)n2)n1. The Morgan fingerprint density at radius 3 is 2.71 bits per heavy atom. The van der Waals surface area contributed by atoms with Crippen molar-refractivity contribution in [2.75, 3.05) is 17.2 Å². The van der Waals surface area contributed by atoms with E-state index in [4.69, 9.17) is 4.52 Å². The average molecular weight is 323 g/mol. The molecular weight excluding hydrogens is 306 g/mol. The summed E-state index contributed by atoms with van der Waals surface area (Å²) in [7, 11) is 0. The van der Waals surface area contributed by atoms with Gasteiger partial charge in [0.15, 0.2) is 0 Å². The van der Waals surface area contributed by atoms with Crippen molar-refractivity contribution >= 4 is 17.7 Å². The second-order valence-electron chi connectivity index (χ2n) is 5.18. The van der Waals surface area contributed by atoms with E-state index in [1.165, 1.54) is 0 Å². The van der Waals surface area contributed by atoms with Crippen LogP contribution in [-0.2, 0) is 4.79 Å². The van der Waals surface area contributed by atoms with Crippen LogP contribution in [-0.4, -0.2) is 27.6 Å². The van der Waals surface area contributed by atoms with Crippen LogP contribution in [0.1, 0.15) is 12.1 Å². The Balaban J connectivity index is 1.48. The Hall–Kier alpha value is -3.22. The third kappa shape index (κ3) is 4.16. The van der Waals surface area contributed by atoms with Crippen molar-refractivity contribution in [3.8, 4) is 11.5 Å². The number of pyridine rings is 1. The Bertz CT molecular complexity index is 817. The van der Waals surface area contributed by atoms with E-state index in [0.717, 1.165) is 11.3 Å². The molecule has 2 aromatic heterocycles. The third-order valence-electron chi connectivity index (χ3n) is 3.24. The third-order valence-corrected chi connectivity index (χ3v) is 3.24. The predicted octanol–water partition coefficient (Wildman–Crippen LogP) is 2.88. The minimum absolute atomic E-state index is 0.132. The Kier molecular flexibility index (Phi) is 4.81. The van der Waals surface area contributed by atoms with Crippen LogP contribution in [0.5, 0.6) is 0 Å². The largest absolute Gasteiger partial charge is 0.351 e. The molecule has 0 saturated carbocycles. The number of hydrogen-bond donors (Lipinski definition) is 2. The molecule has 3 aromatic rings. The van der Waals surface area contributed by atoms with Crippen molar-refractivity contribution in [3.05, 3.63) is 54.2 Å². The van der Waals surface area contributed by atoms with Gasteiger partial charge in [-0.1, -0.05) is 24.3 Å². The summed E-state index contributed by atoms with van der Waals surface area (Å²) in [4.78, 5) is 20.3. The van der Waals surface area contributed by atoms with Gasteiger partial charge in [-0.3, -0.25) is 4.79 Å². The van der Waals surface area contributed by atoms with Crippen LogP contribution in [0.3, 0.4) is 0 Å². The molecule has 0 aliphatic rings. The van der Waals surface area contributed by atoms with Gasteiger partial charge < -0.3 is 15.2 Å². The van der Waals surface area contributed by atoms with E-state index in [2.05, 4.69) is 25.8 Å². The van der Waals surface area contributed by atoms with Gasteiger partial charge in [-0.15, -0.1) is 0 Å². The van der Waals surface area contributed by atoms with Gasteiger partial charge in [0.1, 0.15) is 5.82 Å².